The maximum absolute atomic E-state index is 12.6. The molecule has 1 aliphatic rings. The Labute approximate surface area is 78.3 Å². The van der Waals surface area contributed by atoms with Crippen molar-refractivity contribution in [3.05, 3.63) is 11.9 Å². The van der Waals surface area contributed by atoms with Crippen molar-refractivity contribution in [1.82, 2.24) is 0 Å². The number of nitrogens with two attached hydrogens (primary N) is 1. The maximum Gasteiger partial charge on any atom is 0.245 e. The lowest BCUT2D eigenvalue weighted by Gasteiger charge is -2.26. The number of rotatable bonds is 1. The van der Waals surface area contributed by atoms with Gasteiger partial charge in [0, 0.05) is 0 Å². The minimum atomic E-state index is -1.54. The molecule has 1 amide bonds. The van der Waals surface area contributed by atoms with Crippen molar-refractivity contribution in [3.8, 4) is 0 Å². The van der Waals surface area contributed by atoms with E-state index in [-0.39, 0.29) is 0 Å². The molecule has 0 radical (unpaired) electrons. The lowest BCUT2D eigenvalue weighted by atomic mass is 9.97. The van der Waals surface area contributed by atoms with E-state index in [0.29, 0.717) is 0 Å². The number of halogens is 3. The molecule has 2 unspecified atom stereocenters. The number of amides is 1. The van der Waals surface area contributed by atoms with Crippen molar-refractivity contribution >= 4 is 23.5 Å². The van der Waals surface area contributed by atoms with Gasteiger partial charge in [-0.25, -0.2) is 9.38 Å². The lowest BCUT2D eigenvalue weighted by molar-refractivity contribution is -0.121. The van der Waals surface area contributed by atoms with Crippen LogP contribution in [0, 0.1) is 5.92 Å². The molecule has 0 aromatic heterocycles. The zero-order valence-electron chi connectivity index (χ0n) is 6.72. The van der Waals surface area contributed by atoms with E-state index in [2.05, 4.69) is 4.99 Å². The molecule has 0 bridgehead atoms. The van der Waals surface area contributed by atoms with E-state index < -0.39 is 28.6 Å². The predicted octanol–water partition coefficient (Wildman–Crippen LogP) is 1.28. The number of aliphatic imine (C=N–C) groups is 1. The van der Waals surface area contributed by atoms with Gasteiger partial charge in [-0.3, -0.25) is 4.79 Å². The van der Waals surface area contributed by atoms with Gasteiger partial charge in [-0.2, -0.15) is 4.39 Å². The average Bonchev–Trinajstić information content (AvgIpc) is 1.95. The second-order valence-electron chi connectivity index (χ2n) is 2.82. The van der Waals surface area contributed by atoms with Crippen LogP contribution < -0.4 is 5.73 Å². The normalized spacial score (nSPS) is 33.7. The van der Waals surface area contributed by atoms with Crippen LogP contribution in [0.4, 0.5) is 8.78 Å². The topological polar surface area (TPSA) is 55.4 Å². The first-order chi connectivity index (χ1) is 5.84. The summed E-state index contributed by atoms with van der Waals surface area (Å²) in [5.74, 6) is -4.49. The highest BCUT2D eigenvalue weighted by atomic mass is 35.5. The molecule has 0 spiro atoms. The monoisotopic (exact) mass is 208 g/mol. The minimum absolute atomic E-state index is 0.734. The Morgan fingerprint density at radius 3 is 2.77 bits per heavy atom. The molecule has 2 atom stereocenters. The van der Waals surface area contributed by atoms with Crippen LogP contribution in [-0.4, -0.2) is 16.9 Å². The van der Waals surface area contributed by atoms with Crippen LogP contribution in [0.15, 0.2) is 16.9 Å². The molecule has 0 saturated carbocycles. The highest BCUT2D eigenvalue weighted by Crippen LogP contribution is 2.33. The fourth-order valence-electron chi connectivity index (χ4n) is 1.02. The van der Waals surface area contributed by atoms with Crippen LogP contribution in [0.3, 0.4) is 0 Å². The van der Waals surface area contributed by atoms with E-state index in [1.54, 1.807) is 0 Å². The van der Waals surface area contributed by atoms with Gasteiger partial charge in [-0.15, -0.1) is 0 Å². The van der Waals surface area contributed by atoms with E-state index in [1.807, 2.05) is 0 Å². The van der Waals surface area contributed by atoms with Gasteiger partial charge in [0.2, 0.25) is 11.9 Å². The fraction of sp³-hybridized carbons (Fsp3) is 0.429. The van der Waals surface area contributed by atoms with Crippen molar-refractivity contribution in [2.45, 2.75) is 11.9 Å². The molecule has 6 heteroatoms. The standard InChI is InChI=1S/C7H7ClF2N2O/c1-7(8)3(6(11)13)2-4(9)5(10)12-7/h2-3H,1H3,(H2,11,13). The molecule has 2 N–H and O–H groups in total. The Balaban J connectivity index is 3.09. The first-order valence-corrected chi connectivity index (χ1v) is 3.83. The first-order valence-electron chi connectivity index (χ1n) is 3.46. The van der Waals surface area contributed by atoms with Gasteiger partial charge >= 0.3 is 0 Å². The second-order valence-corrected chi connectivity index (χ2v) is 3.59. The molecule has 1 aliphatic heterocycles. The first kappa shape index (κ1) is 10.1. The number of carbonyl (C=O) groups excluding carboxylic acids is 1. The third-order valence-corrected chi connectivity index (χ3v) is 2.02. The Kier molecular flexibility index (Phi) is 2.38. The summed E-state index contributed by atoms with van der Waals surface area (Å²) in [5.41, 5.74) is 4.92. The van der Waals surface area contributed by atoms with Gasteiger partial charge in [0.25, 0.3) is 0 Å². The molecule has 72 valence electrons. The summed E-state index contributed by atoms with van der Waals surface area (Å²) < 4.78 is 25.2. The number of hydrogen-bond donors (Lipinski definition) is 1. The molecule has 0 aromatic carbocycles. The fourth-order valence-corrected chi connectivity index (χ4v) is 1.27. The van der Waals surface area contributed by atoms with Gasteiger partial charge in [0.05, 0.1) is 5.92 Å². The zero-order valence-corrected chi connectivity index (χ0v) is 7.48. The number of allylic oxidation sites excluding steroid dienone is 1. The quantitative estimate of drug-likeness (QED) is 0.512. The van der Waals surface area contributed by atoms with E-state index in [0.717, 1.165) is 6.08 Å². The molecule has 0 fully saturated rings. The van der Waals surface area contributed by atoms with Crippen LogP contribution in [0.25, 0.3) is 0 Å². The lowest BCUT2D eigenvalue weighted by Crippen LogP contribution is -2.39. The van der Waals surface area contributed by atoms with Crippen molar-refractivity contribution in [2.75, 3.05) is 0 Å². The molecule has 3 nitrogen and oxygen atoms in total. The van der Waals surface area contributed by atoms with Gasteiger partial charge in [-0.05, 0) is 13.0 Å². The smallest absolute Gasteiger partial charge is 0.245 e. The van der Waals surface area contributed by atoms with Crippen LogP contribution in [0.1, 0.15) is 6.92 Å². The summed E-state index contributed by atoms with van der Waals surface area (Å²) in [4.78, 5) is 12.4. The van der Waals surface area contributed by atoms with Gasteiger partial charge in [0.1, 0.15) is 5.00 Å². The van der Waals surface area contributed by atoms with E-state index >= 15 is 0 Å². The van der Waals surface area contributed by atoms with Crippen molar-refractivity contribution in [2.24, 2.45) is 16.6 Å². The summed E-state index contributed by atoms with van der Waals surface area (Å²) in [7, 11) is 0. The predicted molar refractivity (Wildman–Crippen MR) is 44.7 cm³/mol. The average molecular weight is 209 g/mol. The molecular weight excluding hydrogens is 202 g/mol. The summed E-state index contributed by atoms with van der Waals surface area (Å²) in [6.45, 7) is 1.28. The number of primary amides is 1. The Morgan fingerprint density at radius 2 is 2.31 bits per heavy atom. The Bertz CT molecular complexity index is 312. The summed E-state index contributed by atoms with van der Waals surface area (Å²) in [6, 6.07) is 0. The Hall–Kier alpha value is -0.970. The molecule has 0 aliphatic carbocycles. The van der Waals surface area contributed by atoms with Crippen molar-refractivity contribution in [1.29, 1.82) is 0 Å². The largest absolute Gasteiger partial charge is 0.369 e. The maximum atomic E-state index is 12.6. The van der Waals surface area contributed by atoms with Crippen LogP contribution in [-0.2, 0) is 4.79 Å². The van der Waals surface area contributed by atoms with Crippen LogP contribution >= 0.6 is 11.6 Å². The number of nitrogens with zero attached hydrogens (tertiary/aromatic N) is 1. The van der Waals surface area contributed by atoms with Crippen molar-refractivity contribution < 1.29 is 13.6 Å². The summed E-state index contributed by atoms with van der Waals surface area (Å²) in [6.07, 6.45) is 0.734. The molecular formula is C7H7ClF2N2O. The number of carbonyl (C=O) groups is 1. The van der Waals surface area contributed by atoms with Crippen molar-refractivity contribution in [3.63, 3.8) is 0 Å². The third kappa shape index (κ3) is 1.85. The minimum Gasteiger partial charge on any atom is -0.369 e. The van der Waals surface area contributed by atoms with Gasteiger partial charge in [0.15, 0.2) is 5.83 Å². The molecule has 0 saturated heterocycles. The van der Waals surface area contributed by atoms with E-state index in [4.69, 9.17) is 17.3 Å². The number of alkyl halides is 1. The Morgan fingerprint density at radius 1 is 1.77 bits per heavy atom. The molecule has 1 rings (SSSR count). The number of dihydropyridines is 1. The SMILES string of the molecule is CC1(Cl)N=C(F)C(F)=CC1C(N)=O. The zero-order chi connectivity index (χ0) is 10.2. The number of hydrogen-bond acceptors (Lipinski definition) is 2. The summed E-state index contributed by atoms with van der Waals surface area (Å²) >= 11 is 5.65. The molecule has 1 heterocycles. The second kappa shape index (κ2) is 3.06. The van der Waals surface area contributed by atoms with Gasteiger partial charge in [-0.1, -0.05) is 11.6 Å². The van der Waals surface area contributed by atoms with Crippen LogP contribution in [0.2, 0.25) is 0 Å². The van der Waals surface area contributed by atoms with Crippen LogP contribution in [0.5, 0.6) is 0 Å². The highest BCUT2D eigenvalue weighted by molar-refractivity contribution is 6.26. The molecule has 13 heavy (non-hydrogen) atoms. The van der Waals surface area contributed by atoms with Gasteiger partial charge < -0.3 is 5.73 Å². The summed E-state index contributed by atoms with van der Waals surface area (Å²) in [5, 5.41) is 0. The third-order valence-electron chi connectivity index (χ3n) is 1.70. The van der Waals surface area contributed by atoms with E-state index in [1.165, 1.54) is 6.92 Å². The molecule has 0 aromatic rings. The highest BCUT2D eigenvalue weighted by Gasteiger charge is 2.39. The van der Waals surface area contributed by atoms with E-state index in [9.17, 15) is 13.6 Å².